The first-order valence-electron chi connectivity index (χ1n) is 9.95. The van der Waals surface area contributed by atoms with Gasteiger partial charge in [0, 0.05) is 33.8 Å². The summed E-state index contributed by atoms with van der Waals surface area (Å²) < 4.78 is 0. The minimum atomic E-state index is -0.104. The van der Waals surface area contributed by atoms with Crippen LogP contribution in [0.3, 0.4) is 0 Å². The minimum absolute atomic E-state index is 0.00354. The fourth-order valence-corrected chi connectivity index (χ4v) is 5.64. The van der Waals surface area contributed by atoms with E-state index < -0.39 is 0 Å². The molecule has 4 nitrogen and oxygen atoms in total. The molecule has 3 atom stereocenters. The average molecular weight is 461 g/mol. The molecular formula is C23H22Cl2N2O2S. The van der Waals surface area contributed by atoms with Crippen LogP contribution in [0.25, 0.3) is 6.08 Å². The van der Waals surface area contributed by atoms with E-state index in [1.54, 1.807) is 11.8 Å². The van der Waals surface area contributed by atoms with Gasteiger partial charge < -0.3 is 10.6 Å². The summed E-state index contributed by atoms with van der Waals surface area (Å²) in [6, 6.07) is 15.0. The van der Waals surface area contributed by atoms with E-state index in [9.17, 15) is 9.59 Å². The summed E-state index contributed by atoms with van der Waals surface area (Å²) in [5, 5.41) is 7.68. The van der Waals surface area contributed by atoms with Gasteiger partial charge in [0.25, 0.3) is 5.91 Å². The molecular weight excluding hydrogens is 439 g/mol. The lowest BCUT2D eigenvalue weighted by atomic mass is 9.84. The number of halogens is 2. The zero-order valence-electron chi connectivity index (χ0n) is 16.2. The molecule has 0 bridgehead atoms. The minimum Gasteiger partial charge on any atom is -0.352 e. The molecule has 2 aromatic carbocycles. The molecule has 2 aromatic rings. The zero-order chi connectivity index (χ0) is 21.1. The predicted octanol–water partition coefficient (Wildman–Crippen LogP) is 5.05. The lowest BCUT2D eigenvalue weighted by Gasteiger charge is -2.39. The van der Waals surface area contributed by atoms with Gasteiger partial charge in [-0.15, -0.1) is 11.8 Å². The number of amides is 2. The van der Waals surface area contributed by atoms with E-state index >= 15 is 0 Å². The quantitative estimate of drug-likeness (QED) is 0.627. The fourth-order valence-electron chi connectivity index (χ4n) is 3.95. The topological polar surface area (TPSA) is 58.2 Å². The normalized spacial score (nSPS) is 24.8. The highest BCUT2D eigenvalue weighted by Gasteiger charge is 2.39. The Morgan fingerprint density at radius 1 is 1.17 bits per heavy atom. The van der Waals surface area contributed by atoms with E-state index in [1.807, 2.05) is 54.6 Å². The summed E-state index contributed by atoms with van der Waals surface area (Å²) in [4.78, 5) is 26.0. The number of rotatable bonds is 4. The van der Waals surface area contributed by atoms with Gasteiger partial charge in [-0.1, -0.05) is 53.5 Å². The Morgan fingerprint density at radius 2 is 2.00 bits per heavy atom. The monoisotopic (exact) mass is 460 g/mol. The lowest BCUT2D eigenvalue weighted by molar-refractivity contribution is -0.127. The number of hydrogen-bond acceptors (Lipinski definition) is 3. The highest BCUT2D eigenvalue weighted by molar-refractivity contribution is 8.04. The molecule has 0 aromatic heterocycles. The van der Waals surface area contributed by atoms with E-state index in [1.165, 1.54) is 0 Å². The molecule has 0 spiro atoms. The van der Waals surface area contributed by atoms with Crippen LogP contribution >= 0.6 is 35.0 Å². The number of carbonyl (C=O) groups excluding carboxylic acids is 2. The van der Waals surface area contributed by atoms with Gasteiger partial charge >= 0.3 is 0 Å². The van der Waals surface area contributed by atoms with E-state index in [-0.39, 0.29) is 29.0 Å². The molecule has 1 aliphatic heterocycles. The molecule has 7 heteroatoms. The standard InChI is InChI=1S/C23H22Cl2N2O2S/c24-17-6-3-4-14(10-17)11-21-23(29)27-19-12-15(8-9-20(19)30-21)22(28)26-13-16-5-1-2-7-18(16)25/h1-7,10-11,15,19-20H,8-9,12-13H2,(H,26,28)(H,27,29)/b21-11+. The number of benzene rings is 2. The summed E-state index contributed by atoms with van der Waals surface area (Å²) in [6.07, 6.45) is 4.22. The van der Waals surface area contributed by atoms with Crippen LogP contribution in [0.5, 0.6) is 0 Å². The van der Waals surface area contributed by atoms with Gasteiger partial charge in [-0.25, -0.2) is 0 Å². The van der Waals surface area contributed by atoms with Crippen molar-refractivity contribution in [3.63, 3.8) is 0 Å². The van der Waals surface area contributed by atoms with Gasteiger partial charge in [-0.05, 0) is 54.7 Å². The van der Waals surface area contributed by atoms with Crippen molar-refractivity contribution in [1.82, 2.24) is 10.6 Å². The van der Waals surface area contributed by atoms with Gasteiger partial charge in [0.15, 0.2) is 0 Å². The third-order valence-electron chi connectivity index (χ3n) is 5.53. The number of thioether (sulfide) groups is 1. The summed E-state index contributed by atoms with van der Waals surface area (Å²) >= 11 is 13.8. The number of fused-ring (bicyclic) bond motifs is 1. The van der Waals surface area contributed by atoms with Crippen molar-refractivity contribution in [2.45, 2.75) is 37.1 Å². The molecule has 30 heavy (non-hydrogen) atoms. The summed E-state index contributed by atoms with van der Waals surface area (Å²) in [5.74, 6) is -0.167. The van der Waals surface area contributed by atoms with Gasteiger partial charge in [-0.3, -0.25) is 9.59 Å². The van der Waals surface area contributed by atoms with Gasteiger partial charge in [0.05, 0.1) is 4.91 Å². The van der Waals surface area contributed by atoms with Crippen molar-refractivity contribution in [3.05, 3.63) is 74.6 Å². The fraction of sp³-hybridized carbons (Fsp3) is 0.304. The van der Waals surface area contributed by atoms with Crippen molar-refractivity contribution < 1.29 is 9.59 Å². The van der Waals surface area contributed by atoms with Crippen LogP contribution in [-0.4, -0.2) is 23.1 Å². The highest BCUT2D eigenvalue weighted by atomic mass is 35.5. The predicted molar refractivity (Wildman–Crippen MR) is 123 cm³/mol. The van der Waals surface area contributed by atoms with E-state index in [0.29, 0.717) is 27.9 Å². The molecule has 0 radical (unpaired) electrons. The van der Waals surface area contributed by atoms with Gasteiger partial charge in [0.2, 0.25) is 5.91 Å². The van der Waals surface area contributed by atoms with Gasteiger partial charge in [-0.2, -0.15) is 0 Å². The molecule has 1 heterocycles. The van der Waals surface area contributed by atoms with Crippen LogP contribution in [0.2, 0.25) is 10.0 Å². The smallest absolute Gasteiger partial charge is 0.257 e. The van der Waals surface area contributed by atoms with Crippen LogP contribution in [0.4, 0.5) is 0 Å². The zero-order valence-corrected chi connectivity index (χ0v) is 18.6. The maximum Gasteiger partial charge on any atom is 0.257 e. The molecule has 2 N–H and O–H groups in total. The molecule has 1 saturated heterocycles. The molecule has 2 fully saturated rings. The molecule has 1 aliphatic carbocycles. The first-order chi connectivity index (χ1) is 14.5. The SMILES string of the molecule is O=C1NC2CC(C(=O)NCc3ccccc3Cl)CCC2S/C1=C/c1cccc(Cl)c1. The third kappa shape index (κ3) is 5.02. The number of nitrogens with one attached hydrogen (secondary N) is 2. The van der Waals surface area contributed by atoms with E-state index in [2.05, 4.69) is 10.6 Å². The van der Waals surface area contributed by atoms with Crippen LogP contribution in [0.15, 0.2) is 53.4 Å². The van der Waals surface area contributed by atoms with Crippen molar-refractivity contribution in [2.24, 2.45) is 5.92 Å². The Bertz CT molecular complexity index is 995. The largest absolute Gasteiger partial charge is 0.352 e. The maximum atomic E-state index is 12.7. The summed E-state index contributed by atoms with van der Waals surface area (Å²) in [5.41, 5.74) is 1.81. The number of hydrogen-bond donors (Lipinski definition) is 2. The Kier molecular flexibility index (Phi) is 6.71. The Labute approximate surface area is 190 Å². The van der Waals surface area contributed by atoms with Crippen LogP contribution < -0.4 is 10.6 Å². The first kappa shape index (κ1) is 21.3. The van der Waals surface area contributed by atoms with E-state index in [0.717, 1.165) is 24.0 Å². The molecule has 1 saturated carbocycles. The molecule has 3 unspecified atom stereocenters. The van der Waals surface area contributed by atoms with Gasteiger partial charge in [0.1, 0.15) is 0 Å². The lowest BCUT2D eigenvalue weighted by Crippen LogP contribution is -2.51. The second-order valence-corrected chi connectivity index (χ2v) is 9.74. The Balaban J connectivity index is 1.36. The van der Waals surface area contributed by atoms with Crippen molar-refractivity contribution in [3.8, 4) is 0 Å². The number of carbonyl (C=O) groups is 2. The molecule has 156 valence electrons. The first-order valence-corrected chi connectivity index (χ1v) is 11.6. The second-order valence-electron chi connectivity index (χ2n) is 7.62. The van der Waals surface area contributed by atoms with Crippen molar-refractivity contribution in [1.29, 1.82) is 0 Å². The van der Waals surface area contributed by atoms with Crippen LogP contribution in [0, 0.1) is 5.92 Å². The van der Waals surface area contributed by atoms with Crippen LogP contribution in [0.1, 0.15) is 30.4 Å². The summed E-state index contributed by atoms with van der Waals surface area (Å²) in [7, 11) is 0. The highest BCUT2D eigenvalue weighted by Crippen LogP contribution is 2.40. The third-order valence-corrected chi connectivity index (χ3v) is 7.56. The Hall–Kier alpha value is -1.95. The Morgan fingerprint density at radius 3 is 2.80 bits per heavy atom. The second kappa shape index (κ2) is 9.46. The summed E-state index contributed by atoms with van der Waals surface area (Å²) in [6.45, 7) is 0.413. The molecule has 2 amide bonds. The van der Waals surface area contributed by atoms with Crippen LogP contribution in [-0.2, 0) is 16.1 Å². The van der Waals surface area contributed by atoms with Crippen molar-refractivity contribution >= 4 is 52.9 Å². The average Bonchev–Trinajstić information content (AvgIpc) is 2.73. The van der Waals surface area contributed by atoms with E-state index in [4.69, 9.17) is 23.2 Å². The molecule has 4 rings (SSSR count). The molecule has 2 aliphatic rings. The maximum absolute atomic E-state index is 12.7. The van der Waals surface area contributed by atoms with Crippen molar-refractivity contribution in [2.75, 3.05) is 0 Å².